The van der Waals surface area contributed by atoms with Gasteiger partial charge in [0.05, 0.1) is 14.2 Å². The van der Waals surface area contributed by atoms with Gasteiger partial charge >= 0.3 is 0 Å². The van der Waals surface area contributed by atoms with Gasteiger partial charge in [-0.05, 0) is 42.8 Å². The van der Waals surface area contributed by atoms with E-state index in [2.05, 4.69) is 10.6 Å². The molecule has 0 aliphatic heterocycles. The van der Waals surface area contributed by atoms with Gasteiger partial charge in [0.1, 0.15) is 5.75 Å². The van der Waals surface area contributed by atoms with Crippen LogP contribution in [0.15, 0.2) is 78.9 Å². The number of carbonyl (C=O) groups excluding carboxylic acids is 2. The van der Waals surface area contributed by atoms with E-state index in [1.165, 1.54) is 0 Å². The number of methoxy groups -OCH3 is 1. The summed E-state index contributed by atoms with van der Waals surface area (Å²) in [7, 11) is 3.43. The summed E-state index contributed by atoms with van der Waals surface area (Å²) in [5.74, 6) is 0.423. The molecule has 1 unspecified atom stereocenters. The summed E-state index contributed by atoms with van der Waals surface area (Å²) in [4.78, 5) is 26.1. The maximum Gasteiger partial charge on any atom is 0.282 e. The minimum Gasteiger partial charge on any atom is -0.497 e. The van der Waals surface area contributed by atoms with Crippen LogP contribution in [0, 0.1) is 0 Å². The van der Waals surface area contributed by atoms with Gasteiger partial charge in [0.25, 0.3) is 11.8 Å². The Morgan fingerprint density at radius 3 is 2.23 bits per heavy atom. The summed E-state index contributed by atoms with van der Waals surface area (Å²) < 4.78 is 5.12. The molecule has 0 fully saturated rings. The number of amides is 2. The topological polar surface area (TPSA) is 71.9 Å². The predicted molar refractivity (Wildman–Crippen MR) is 123 cm³/mol. The van der Waals surface area contributed by atoms with Gasteiger partial charge in [0, 0.05) is 16.9 Å². The number of likely N-dealkylation sites (N-methyl/N-ethyl adjacent to an activating group) is 1. The SMILES string of the molecule is COc1ccc(NC(=O)C[NH+](C)[C@@H](C)C(=O)Nc2ccccc2-c2ccccc2)cc1. The van der Waals surface area contributed by atoms with Gasteiger partial charge in [-0.1, -0.05) is 48.5 Å². The van der Waals surface area contributed by atoms with E-state index in [1.807, 2.05) is 68.6 Å². The molecule has 160 valence electrons. The number of hydrogen-bond donors (Lipinski definition) is 3. The smallest absolute Gasteiger partial charge is 0.282 e. The zero-order valence-corrected chi connectivity index (χ0v) is 18.0. The highest BCUT2D eigenvalue weighted by molar-refractivity contribution is 5.98. The van der Waals surface area contributed by atoms with Crippen molar-refractivity contribution in [1.29, 1.82) is 0 Å². The molecule has 2 atom stereocenters. The summed E-state index contributed by atoms with van der Waals surface area (Å²) >= 11 is 0. The Bertz CT molecular complexity index is 1020. The number of ether oxygens (including phenoxy) is 1. The minimum atomic E-state index is -0.412. The fourth-order valence-corrected chi connectivity index (χ4v) is 3.21. The van der Waals surface area contributed by atoms with Crippen LogP contribution >= 0.6 is 0 Å². The molecule has 0 aromatic heterocycles. The third-order valence-electron chi connectivity index (χ3n) is 5.22. The van der Waals surface area contributed by atoms with E-state index < -0.39 is 6.04 Å². The van der Waals surface area contributed by atoms with E-state index in [-0.39, 0.29) is 18.4 Å². The first kappa shape index (κ1) is 22.1. The normalized spacial score (nSPS) is 12.5. The Hall–Kier alpha value is -3.64. The Balaban J connectivity index is 1.60. The molecule has 6 nitrogen and oxygen atoms in total. The van der Waals surface area contributed by atoms with Crippen LogP contribution < -0.4 is 20.3 Å². The molecule has 3 aromatic rings. The van der Waals surface area contributed by atoms with Crippen LogP contribution in [-0.2, 0) is 9.59 Å². The van der Waals surface area contributed by atoms with Crippen molar-refractivity contribution in [2.24, 2.45) is 0 Å². The fraction of sp³-hybridized carbons (Fsp3) is 0.200. The third kappa shape index (κ3) is 5.93. The van der Waals surface area contributed by atoms with Gasteiger partial charge < -0.3 is 20.3 Å². The number of hydrogen-bond acceptors (Lipinski definition) is 3. The summed E-state index contributed by atoms with van der Waals surface area (Å²) in [6, 6.07) is 24.3. The van der Waals surface area contributed by atoms with Crippen LogP contribution in [0.1, 0.15) is 6.92 Å². The number of quaternary nitrogens is 1. The van der Waals surface area contributed by atoms with E-state index >= 15 is 0 Å². The van der Waals surface area contributed by atoms with Crippen LogP contribution in [0.3, 0.4) is 0 Å². The molecular weight excluding hydrogens is 390 g/mol. The van der Waals surface area contributed by atoms with E-state index in [0.29, 0.717) is 5.69 Å². The summed E-state index contributed by atoms with van der Waals surface area (Å²) in [5.41, 5.74) is 3.43. The van der Waals surface area contributed by atoms with E-state index in [1.54, 1.807) is 31.4 Å². The second kappa shape index (κ2) is 10.4. The number of nitrogens with one attached hydrogen (secondary N) is 3. The molecule has 0 saturated heterocycles. The van der Waals surface area contributed by atoms with Crippen molar-refractivity contribution in [3.63, 3.8) is 0 Å². The van der Waals surface area contributed by atoms with Crippen molar-refractivity contribution in [2.75, 3.05) is 31.3 Å². The molecule has 2 amide bonds. The Kier molecular flexibility index (Phi) is 7.40. The van der Waals surface area contributed by atoms with Crippen molar-refractivity contribution >= 4 is 23.2 Å². The summed E-state index contributed by atoms with van der Waals surface area (Å²) in [6.07, 6.45) is 0. The highest BCUT2D eigenvalue weighted by atomic mass is 16.5. The average molecular weight is 419 g/mol. The molecule has 0 spiro atoms. The van der Waals surface area contributed by atoms with Crippen LogP contribution in [0.25, 0.3) is 11.1 Å². The Labute approximate surface area is 182 Å². The molecule has 6 heteroatoms. The van der Waals surface area contributed by atoms with Crippen molar-refractivity contribution in [2.45, 2.75) is 13.0 Å². The van der Waals surface area contributed by atoms with Crippen LogP contribution in [-0.4, -0.2) is 38.6 Å². The number of rotatable bonds is 8. The van der Waals surface area contributed by atoms with Gasteiger partial charge in [-0.25, -0.2) is 0 Å². The molecule has 0 bridgehead atoms. The van der Waals surface area contributed by atoms with Crippen molar-refractivity contribution < 1.29 is 19.2 Å². The second-order valence-corrected chi connectivity index (χ2v) is 7.42. The zero-order valence-electron chi connectivity index (χ0n) is 18.0. The van der Waals surface area contributed by atoms with E-state index in [0.717, 1.165) is 27.5 Å². The highest BCUT2D eigenvalue weighted by Gasteiger charge is 2.24. The maximum atomic E-state index is 12.9. The largest absolute Gasteiger partial charge is 0.497 e. The molecular formula is C25H28N3O3+. The van der Waals surface area contributed by atoms with Crippen LogP contribution in [0.2, 0.25) is 0 Å². The molecule has 0 saturated carbocycles. The molecule has 31 heavy (non-hydrogen) atoms. The van der Waals surface area contributed by atoms with Gasteiger partial charge in [0.15, 0.2) is 12.6 Å². The molecule has 3 N–H and O–H groups in total. The monoisotopic (exact) mass is 418 g/mol. The molecule has 0 heterocycles. The van der Waals surface area contributed by atoms with Crippen molar-refractivity contribution in [3.8, 4) is 16.9 Å². The number of benzene rings is 3. The van der Waals surface area contributed by atoms with E-state index in [9.17, 15) is 9.59 Å². The second-order valence-electron chi connectivity index (χ2n) is 7.42. The lowest BCUT2D eigenvalue weighted by Gasteiger charge is -2.21. The van der Waals surface area contributed by atoms with Gasteiger partial charge in [0.2, 0.25) is 0 Å². The lowest BCUT2D eigenvalue weighted by Crippen LogP contribution is -3.14. The van der Waals surface area contributed by atoms with Crippen LogP contribution in [0.5, 0.6) is 5.75 Å². The maximum absolute atomic E-state index is 12.9. The number of anilines is 2. The predicted octanol–water partition coefficient (Wildman–Crippen LogP) is 2.84. The zero-order chi connectivity index (χ0) is 22.2. The average Bonchev–Trinajstić information content (AvgIpc) is 2.79. The van der Waals surface area contributed by atoms with Crippen molar-refractivity contribution in [3.05, 3.63) is 78.9 Å². The summed E-state index contributed by atoms with van der Waals surface area (Å²) in [6.45, 7) is 1.98. The van der Waals surface area contributed by atoms with Gasteiger partial charge in [-0.3, -0.25) is 9.59 Å². The molecule has 3 rings (SSSR count). The molecule has 0 aliphatic carbocycles. The quantitative estimate of drug-likeness (QED) is 0.527. The van der Waals surface area contributed by atoms with E-state index in [4.69, 9.17) is 4.74 Å². The Morgan fingerprint density at radius 1 is 0.903 bits per heavy atom. The summed E-state index contributed by atoms with van der Waals surface area (Å²) in [5, 5.41) is 5.87. The third-order valence-corrected chi connectivity index (χ3v) is 5.22. The number of para-hydroxylation sites is 1. The van der Waals surface area contributed by atoms with Crippen LogP contribution in [0.4, 0.5) is 11.4 Å². The van der Waals surface area contributed by atoms with Crippen molar-refractivity contribution in [1.82, 2.24) is 0 Å². The standard InChI is InChI=1S/C25H27N3O3/c1-18(28(2)17-24(29)26-20-13-15-21(31-3)16-14-20)25(30)27-23-12-8-7-11-22(23)19-9-5-4-6-10-19/h4-16,18H,17H2,1-3H3,(H,26,29)(H,27,30)/p+1/t18-/m0/s1. The highest BCUT2D eigenvalue weighted by Crippen LogP contribution is 2.27. The molecule has 3 aromatic carbocycles. The lowest BCUT2D eigenvalue weighted by atomic mass is 10.0. The molecule has 0 aliphatic rings. The minimum absolute atomic E-state index is 0.141. The Morgan fingerprint density at radius 2 is 1.55 bits per heavy atom. The first-order valence-electron chi connectivity index (χ1n) is 10.2. The first-order valence-corrected chi connectivity index (χ1v) is 10.2. The van der Waals surface area contributed by atoms with Gasteiger partial charge in [-0.15, -0.1) is 0 Å². The number of carbonyl (C=O) groups is 2. The lowest BCUT2D eigenvalue weighted by molar-refractivity contribution is -0.885. The first-order chi connectivity index (χ1) is 15.0. The molecule has 0 radical (unpaired) electrons. The fourth-order valence-electron chi connectivity index (χ4n) is 3.21. The van der Waals surface area contributed by atoms with Gasteiger partial charge in [-0.2, -0.15) is 0 Å².